The summed E-state index contributed by atoms with van der Waals surface area (Å²) in [6, 6.07) is 0. The van der Waals surface area contributed by atoms with Gasteiger partial charge in [-0.1, -0.05) is 12.2 Å². The fraction of sp³-hybridized carbons (Fsp3) is 0.800. The molecule has 0 N–H and O–H groups in total. The molecule has 0 aromatic rings. The van der Waals surface area contributed by atoms with Crippen molar-refractivity contribution in [2.45, 2.75) is 11.0 Å². The van der Waals surface area contributed by atoms with Crippen molar-refractivity contribution in [3.8, 4) is 0 Å². The summed E-state index contributed by atoms with van der Waals surface area (Å²) in [5.41, 5.74) is 0. The first kappa shape index (κ1) is 10.1. The standard InChI is InChI=1S/C5H10S4/c6-2-1-5(8)9-4-3-7/h2,5,7-8H,1,3-4H2. The van der Waals surface area contributed by atoms with E-state index in [9.17, 15) is 0 Å². The van der Waals surface area contributed by atoms with E-state index in [4.69, 9.17) is 0 Å². The molecule has 0 aliphatic heterocycles. The van der Waals surface area contributed by atoms with Crippen LogP contribution in [0.15, 0.2) is 0 Å². The number of thioether (sulfide) groups is 1. The Kier molecular flexibility index (Phi) is 8.17. The second-order valence-corrected chi connectivity index (χ2v) is 4.52. The Morgan fingerprint density at radius 1 is 1.67 bits per heavy atom. The van der Waals surface area contributed by atoms with Gasteiger partial charge in [-0.3, -0.25) is 0 Å². The van der Waals surface area contributed by atoms with Gasteiger partial charge in [-0.05, 0) is 17.5 Å². The Labute approximate surface area is 77.0 Å². The van der Waals surface area contributed by atoms with Crippen LogP contribution >= 0.6 is 49.2 Å². The summed E-state index contributed by atoms with van der Waals surface area (Å²) in [6.45, 7) is 0. The van der Waals surface area contributed by atoms with Gasteiger partial charge in [0.1, 0.15) is 0 Å². The van der Waals surface area contributed by atoms with Gasteiger partial charge < -0.3 is 0 Å². The molecule has 0 fully saturated rings. The van der Waals surface area contributed by atoms with Gasteiger partial charge in [-0.15, -0.1) is 11.8 Å². The van der Waals surface area contributed by atoms with Crippen molar-refractivity contribution in [3.63, 3.8) is 0 Å². The van der Waals surface area contributed by atoms with Crippen molar-refractivity contribution in [1.29, 1.82) is 0 Å². The first-order valence-corrected chi connectivity index (χ1v) is 5.32. The van der Waals surface area contributed by atoms with Crippen LogP contribution < -0.4 is 0 Å². The topological polar surface area (TPSA) is 0 Å². The molecule has 54 valence electrons. The third kappa shape index (κ3) is 7.03. The van der Waals surface area contributed by atoms with Crippen molar-refractivity contribution < 1.29 is 0 Å². The summed E-state index contributed by atoms with van der Waals surface area (Å²) < 4.78 is 0.370. The first-order chi connectivity index (χ1) is 4.31. The molecule has 1 atom stereocenters. The Hall–Kier alpha value is 1.14. The normalized spacial score (nSPS) is 13.1. The predicted molar refractivity (Wildman–Crippen MR) is 57.4 cm³/mol. The van der Waals surface area contributed by atoms with Crippen molar-refractivity contribution in [2.75, 3.05) is 11.5 Å². The van der Waals surface area contributed by atoms with E-state index in [1.165, 1.54) is 0 Å². The van der Waals surface area contributed by atoms with Crippen LogP contribution in [0.25, 0.3) is 0 Å². The van der Waals surface area contributed by atoms with E-state index in [2.05, 4.69) is 37.5 Å². The Balaban J connectivity index is 3.04. The summed E-state index contributed by atoms with van der Waals surface area (Å²) in [5.74, 6) is 1.97. The smallest absolute Gasteiger partial charge is 0.0515 e. The highest BCUT2D eigenvalue weighted by Crippen LogP contribution is 2.16. The number of hydrogen-bond acceptors (Lipinski definition) is 4. The highest BCUT2D eigenvalue weighted by molar-refractivity contribution is 8.10. The molecule has 4 heteroatoms. The maximum Gasteiger partial charge on any atom is 0.0515 e. The predicted octanol–water partition coefficient (Wildman–Crippen LogP) is 2.30. The minimum Gasteiger partial charge on any atom is -0.179 e. The lowest BCUT2D eigenvalue weighted by Crippen LogP contribution is -1.94. The monoisotopic (exact) mass is 198 g/mol. The molecule has 0 aromatic carbocycles. The highest BCUT2D eigenvalue weighted by Gasteiger charge is 1.98. The van der Waals surface area contributed by atoms with Gasteiger partial charge in [0.2, 0.25) is 0 Å². The number of hydrogen-bond donors (Lipinski definition) is 2. The molecule has 1 unspecified atom stereocenters. The van der Waals surface area contributed by atoms with Crippen molar-refractivity contribution >= 4 is 54.6 Å². The van der Waals surface area contributed by atoms with Gasteiger partial charge in [-0.25, -0.2) is 0 Å². The number of rotatable bonds is 5. The van der Waals surface area contributed by atoms with Crippen LogP contribution in [-0.4, -0.2) is 21.5 Å². The van der Waals surface area contributed by atoms with Gasteiger partial charge in [-0.2, -0.15) is 25.3 Å². The molecule has 9 heavy (non-hydrogen) atoms. The van der Waals surface area contributed by atoms with E-state index < -0.39 is 0 Å². The lowest BCUT2D eigenvalue weighted by atomic mass is 10.6. The van der Waals surface area contributed by atoms with Gasteiger partial charge in [0.15, 0.2) is 0 Å². The minimum absolute atomic E-state index is 0.370. The van der Waals surface area contributed by atoms with E-state index in [-0.39, 0.29) is 0 Å². The van der Waals surface area contributed by atoms with Crippen LogP contribution in [0.3, 0.4) is 0 Å². The average Bonchev–Trinajstić information content (AvgIpc) is 1.85. The molecular weight excluding hydrogens is 188 g/mol. The van der Waals surface area contributed by atoms with Gasteiger partial charge in [0.25, 0.3) is 0 Å². The van der Waals surface area contributed by atoms with E-state index in [1.54, 1.807) is 17.1 Å². The molecular formula is C5H10S4. The fourth-order valence-electron chi connectivity index (χ4n) is 0.339. The van der Waals surface area contributed by atoms with Crippen molar-refractivity contribution in [2.24, 2.45) is 0 Å². The zero-order valence-electron chi connectivity index (χ0n) is 4.99. The van der Waals surface area contributed by atoms with Gasteiger partial charge in [0.05, 0.1) is 4.58 Å². The van der Waals surface area contributed by atoms with Crippen LogP contribution in [0.1, 0.15) is 6.42 Å². The lowest BCUT2D eigenvalue weighted by Gasteiger charge is -2.03. The molecule has 0 aliphatic rings. The Morgan fingerprint density at radius 2 is 2.33 bits per heavy atom. The maximum atomic E-state index is 4.67. The number of thiocarbonyl (C=S) groups is 1. The first-order valence-electron chi connectivity index (χ1n) is 2.65. The van der Waals surface area contributed by atoms with Crippen LogP contribution in [0, 0.1) is 0 Å². The quantitative estimate of drug-likeness (QED) is 0.395. The molecule has 0 bridgehead atoms. The molecule has 0 radical (unpaired) electrons. The Morgan fingerprint density at radius 3 is 2.78 bits per heavy atom. The summed E-state index contributed by atoms with van der Waals surface area (Å²) in [5, 5.41) is 1.73. The SMILES string of the molecule is S=CCC(S)SCCS. The zero-order valence-corrected chi connectivity index (χ0v) is 8.41. The number of thiol groups is 2. The van der Waals surface area contributed by atoms with Crippen LogP contribution in [-0.2, 0) is 0 Å². The molecule has 0 heterocycles. The van der Waals surface area contributed by atoms with Crippen LogP contribution in [0.5, 0.6) is 0 Å². The average molecular weight is 198 g/mol. The zero-order chi connectivity index (χ0) is 7.11. The van der Waals surface area contributed by atoms with E-state index in [0.29, 0.717) is 4.58 Å². The highest BCUT2D eigenvalue weighted by atomic mass is 32.2. The molecule has 0 aromatic heterocycles. The largest absolute Gasteiger partial charge is 0.179 e. The van der Waals surface area contributed by atoms with Gasteiger partial charge in [0, 0.05) is 5.75 Å². The van der Waals surface area contributed by atoms with E-state index in [0.717, 1.165) is 17.9 Å². The molecule has 0 aliphatic carbocycles. The third-order valence-corrected chi connectivity index (χ3v) is 3.09. The second-order valence-electron chi connectivity index (χ2n) is 1.45. The summed E-state index contributed by atoms with van der Waals surface area (Å²) >= 11 is 14.8. The summed E-state index contributed by atoms with van der Waals surface area (Å²) in [7, 11) is 0. The molecule has 0 rings (SSSR count). The lowest BCUT2D eigenvalue weighted by molar-refractivity contribution is 1.29. The molecule has 0 spiro atoms. The van der Waals surface area contributed by atoms with Gasteiger partial charge >= 0.3 is 0 Å². The van der Waals surface area contributed by atoms with Crippen molar-refractivity contribution in [3.05, 3.63) is 0 Å². The van der Waals surface area contributed by atoms with Crippen molar-refractivity contribution in [1.82, 2.24) is 0 Å². The Bertz CT molecular complexity index is 73.4. The minimum atomic E-state index is 0.370. The molecule has 0 saturated carbocycles. The van der Waals surface area contributed by atoms with E-state index >= 15 is 0 Å². The summed E-state index contributed by atoms with van der Waals surface area (Å²) in [4.78, 5) is 0. The molecule has 0 saturated heterocycles. The van der Waals surface area contributed by atoms with E-state index in [1.807, 2.05) is 0 Å². The van der Waals surface area contributed by atoms with Crippen LogP contribution in [0.4, 0.5) is 0 Å². The molecule has 0 amide bonds. The summed E-state index contributed by atoms with van der Waals surface area (Å²) in [6.07, 6.45) is 0.900. The molecule has 0 nitrogen and oxygen atoms in total. The maximum absolute atomic E-state index is 4.67. The fourth-order valence-corrected chi connectivity index (χ4v) is 2.14. The second kappa shape index (κ2) is 7.25. The third-order valence-electron chi connectivity index (χ3n) is 0.699. The van der Waals surface area contributed by atoms with Crippen LogP contribution in [0.2, 0.25) is 0 Å².